The van der Waals surface area contributed by atoms with Gasteiger partial charge in [-0.3, -0.25) is 4.98 Å². The minimum absolute atomic E-state index is 0.269. The van der Waals surface area contributed by atoms with E-state index in [1.54, 1.807) is 19.4 Å². The van der Waals surface area contributed by atoms with Gasteiger partial charge in [0, 0.05) is 31.4 Å². The van der Waals surface area contributed by atoms with E-state index in [1.807, 2.05) is 30.5 Å². The SMILES string of the molecule is COc1ccnc(NC2CCN(c3cnc4ccccc4n3)C2)n1. The Morgan fingerprint density at radius 3 is 2.88 bits per heavy atom. The summed E-state index contributed by atoms with van der Waals surface area (Å²) in [6.07, 6.45) is 4.53. The van der Waals surface area contributed by atoms with Crippen LogP contribution in [0.3, 0.4) is 0 Å². The molecule has 1 saturated heterocycles. The second-order valence-corrected chi connectivity index (χ2v) is 5.72. The highest BCUT2D eigenvalue weighted by Crippen LogP contribution is 2.21. The first kappa shape index (κ1) is 14.6. The number of hydrogen-bond acceptors (Lipinski definition) is 7. The van der Waals surface area contributed by atoms with E-state index < -0.39 is 0 Å². The summed E-state index contributed by atoms with van der Waals surface area (Å²) >= 11 is 0. The van der Waals surface area contributed by atoms with E-state index in [2.05, 4.69) is 25.2 Å². The summed E-state index contributed by atoms with van der Waals surface area (Å²) in [6, 6.07) is 9.92. The van der Waals surface area contributed by atoms with E-state index in [-0.39, 0.29) is 6.04 Å². The van der Waals surface area contributed by atoms with Crippen molar-refractivity contribution in [3.63, 3.8) is 0 Å². The van der Waals surface area contributed by atoms with Crippen LogP contribution in [0, 0.1) is 0 Å². The van der Waals surface area contributed by atoms with Gasteiger partial charge in [-0.15, -0.1) is 0 Å². The van der Waals surface area contributed by atoms with E-state index in [9.17, 15) is 0 Å². The van der Waals surface area contributed by atoms with Gasteiger partial charge in [0.25, 0.3) is 0 Å². The molecule has 24 heavy (non-hydrogen) atoms. The van der Waals surface area contributed by atoms with Gasteiger partial charge in [0.05, 0.1) is 24.3 Å². The highest BCUT2D eigenvalue weighted by Gasteiger charge is 2.24. The van der Waals surface area contributed by atoms with Crippen molar-refractivity contribution in [2.24, 2.45) is 0 Å². The fraction of sp³-hybridized carbons (Fsp3) is 0.294. The molecule has 0 amide bonds. The molecule has 0 aliphatic carbocycles. The average molecular weight is 322 g/mol. The van der Waals surface area contributed by atoms with Crippen LogP contribution in [-0.2, 0) is 0 Å². The number of ether oxygens (including phenoxy) is 1. The molecule has 1 unspecified atom stereocenters. The maximum atomic E-state index is 5.13. The largest absolute Gasteiger partial charge is 0.481 e. The number of nitrogens with one attached hydrogen (secondary N) is 1. The van der Waals surface area contributed by atoms with Gasteiger partial charge < -0.3 is 15.0 Å². The minimum Gasteiger partial charge on any atom is -0.481 e. The number of rotatable bonds is 4. The number of hydrogen-bond donors (Lipinski definition) is 1. The Morgan fingerprint density at radius 1 is 1.12 bits per heavy atom. The molecular formula is C17H18N6O. The molecule has 1 aliphatic heterocycles. The minimum atomic E-state index is 0.269. The first-order chi connectivity index (χ1) is 11.8. The van der Waals surface area contributed by atoms with Crippen molar-refractivity contribution in [2.45, 2.75) is 12.5 Å². The summed E-state index contributed by atoms with van der Waals surface area (Å²) in [4.78, 5) is 20.0. The summed E-state index contributed by atoms with van der Waals surface area (Å²) in [5.74, 6) is 2.05. The van der Waals surface area contributed by atoms with Gasteiger partial charge in [-0.2, -0.15) is 4.98 Å². The van der Waals surface area contributed by atoms with Crippen LogP contribution in [0.1, 0.15) is 6.42 Å². The number of anilines is 2. The van der Waals surface area contributed by atoms with Crippen LogP contribution >= 0.6 is 0 Å². The first-order valence-electron chi connectivity index (χ1n) is 7.92. The maximum absolute atomic E-state index is 5.13. The van der Waals surface area contributed by atoms with Crippen LogP contribution in [0.2, 0.25) is 0 Å². The predicted molar refractivity (Wildman–Crippen MR) is 92.4 cm³/mol. The number of benzene rings is 1. The van der Waals surface area contributed by atoms with Crippen molar-refractivity contribution in [3.8, 4) is 5.88 Å². The molecule has 1 fully saturated rings. The Hall–Kier alpha value is -2.96. The third kappa shape index (κ3) is 2.92. The van der Waals surface area contributed by atoms with Gasteiger partial charge in [0.15, 0.2) is 0 Å². The summed E-state index contributed by atoms with van der Waals surface area (Å²) in [7, 11) is 1.60. The molecule has 0 saturated carbocycles. The Labute approximate surface area is 139 Å². The molecule has 4 rings (SSSR count). The van der Waals surface area contributed by atoms with Crippen molar-refractivity contribution < 1.29 is 4.74 Å². The summed E-state index contributed by atoms with van der Waals surface area (Å²) in [6.45, 7) is 1.77. The zero-order valence-electron chi connectivity index (χ0n) is 13.4. The molecule has 7 heteroatoms. The van der Waals surface area contributed by atoms with Crippen molar-refractivity contribution in [1.82, 2.24) is 19.9 Å². The number of fused-ring (bicyclic) bond motifs is 1. The second-order valence-electron chi connectivity index (χ2n) is 5.72. The highest BCUT2D eigenvalue weighted by atomic mass is 16.5. The van der Waals surface area contributed by atoms with Gasteiger partial charge in [-0.1, -0.05) is 12.1 Å². The van der Waals surface area contributed by atoms with Gasteiger partial charge in [-0.05, 0) is 18.6 Å². The van der Waals surface area contributed by atoms with E-state index >= 15 is 0 Å². The predicted octanol–water partition coefficient (Wildman–Crippen LogP) is 2.12. The molecular weight excluding hydrogens is 304 g/mol. The lowest BCUT2D eigenvalue weighted by Crippen LogP contribution is -2.27. The third-order valence-corrected chi connectivity index (χ3v) is 4.12. The van der Waals surface area contributed by atoms with Gasteiger partial charge >= 0.3 is 0 Å². The molecule has 0 spiro atoms. The second kappa shape index (κ2) is 6.27. The summed E-state index contributed by atoms with van der Waals surface area (Å²) in [5, 5.41) is 3.36. The molecule has 3 heterocycles. The van der Waals surface area contributed by atoms with E-state index in [1.165, 1.54) is 0 Å². The van der Waals surface area contributed by atoms with Crippen LogP contribution in [-0.4, -0.2) is 46.2 Å². The number of nitrogens with zero attached hydrogens (tertiary/aromatic N) is 5. The molecule has 1 N–H and O–H groups in total. The van der Waals surface area contributed by atoms with Crippen LogP contribution in [0.5, 0.6) is 5.88 Å². The average Bonchev–Trinajstić information content (AvgIpc) is 3.10. The zero-order valence-corrected chi connectivity index (χ0v) is 13.4. The first-order valence-corrected chi connectivity index (χ1v) is 7.92. The van der Waals surface area contributed by atoms with Crippen molar-refractivity contribution in [1.29, 1.82) is 0 Å². The molecule has 1 atom stereocenters. The fourth-order valence-electron chi connectivity index (χ4n) is 2.89. The topological polar surface area (TPSA) is 76.1 Å². The Balaban J connectivity index is 1.47. The maximum Gasteiger partial charge on any atom is 0.226 e. The highest BCUT2D eigenvalue weighted by molar-refractivity contribution is 5.75. The quantitative estimate of drug-likeness (QED) is 0.788. The van der Waals surface area contributed by atoms with Crippen molar-refractivity contribution in [2.75, 3.05) is 30.4 Å². The zero-order chi connectivity index (χ0) is 16.4. The Morgan fingerprint density at radius 2 is 2.00 bits per heavy atom. The smallest absolute Gasteiger partial charge is 0.226 e. The molecule has 1 aromatic carbocycles. The van der Waals surface area contributed by atoms with Crippen molar-refractivity contribution in [3.05, 3.63) is 42.7 Å². The van der Waals surface area contributed by atoms with Crippen LogP contribution in [0.25, 0.3) is 11.0 Å². The third-order valence-electron chi connectivity index (χ3n) is 4.12. The molecule has 1 aliphatic rings. The number of methoxy groups -OCH3 is 1. The standard InChI is InChI=1S/C17H18N6O/c1-24-16-6-8-18-17(22-16)20-12-7-9-23(11-12)15-10-19-13-4-2-3-5-14(13)21-15/h2-6,8,10,12H,7,9,11H2,1H3,(H,18,20,22). The lowest BCUT2D eigenvalue weighted by molar-refractivity contribution is 0.397. The summed E-state index contributed by atoms with van der Waals surface area (Å²) in [5.41, 5.74) is 1.84. The van der Waals surface area contributed by atoms with Crippen LogP contribution in [0.15, 0.2) is 42.7 Å². The number of aromatic nitrogens is 4. The fourth-order valence-corrected chi connectivity index (χ4v) is 2.89. The lowest BCUT2D eigenvalue weighted by atomic mass is 10.3. The molecule has 0 radical (unpaired) electrons. The van der Waals surface area contributed by atoms with Gasteiger partial charge in [0.1, 0.15) is 5.82 Å². The normalized spacial score (nSPS) is 17.2. The van der Waals surface area contributed by atoms with Crippen LogP contribution in [0.4, 0.5) is 11.8 Å². The van der Waals surface area contributed by atoms with E-state index in [4.69, 9.17) is 9.72 Å². The molecule has 7 nitrogen and oxygen atoms in total. The number of para-hydroxylation sites is 2. The van der Waals surface area contributed by atoms with Crippen LogP contribution < -0.4 is 15.0 Å². The molecule has 122 valence electrons. The van der Waals surface area contributed by atoms with Crippen molar-refractivity contribution >= 4 is 22.8 Å². The molecule has 3 aromatic rings. The van der Waals surface area contributed by atoms with E-state index in [0.29, 0.717) is 11.8 Å². The van der Waals surface area contributed by atoms with Gasteiger partial charge in [0.2, 0.25) is 11.8 Å². The molecule has 0 bridgehead atoms. The lowest BCUT2D eigenvalue weighted by Gasteiger charge is -2.18. The molecule has 2 aromatic heterocycles. The monoisotopic (exact) mass is 322 g/mol. The summed E-state index contributed by atoms with van der Waals surface area (Å²) < 4.78 is 5.13. The van der Waals surface area contributed by atoms with Gasteiger partial charge in [-0.25, -0.2) is 9.97 Å². The van der Waals surface area contributed by atoms with E-state index in [0.717, 1.165) is 36.4 Å². The Bertz CT molecular complexity index is 855. The Kier molecular flexibility index (Phi) is 3.82.